The third kappa shape index (κ3) is 4.99. The maximum atomic E-state index is 12.1. The van der Waals surface area contributed by atoms with Crippen LogP contribution >= 0.6 is 0 Å². The largest absolute Gasteiger partial charge is 0.334 e. The molecule has 5 nitrogen and oxygen atoms in total. The first kappa shape index (κ1) is 16.1. The molecule has 0 unspecified atom stereocenters. The zero-order chi connectivity index (χ0) is 15.0. The molecule has 0 aliphatic heterocycles. The average Bonchev–Trinajstić information content (AvgIpc) is 2.42. The van der Waals surface area contributed by atoms with Crippen LogP contribution in [0.1, 0.15) is 38.8 Å². The number of pyridine rings is 1. The van der Waals surface area contributed by atoms with Crippen molar-refractivity contribution in [1.82, 2.24) is 9.88 Å². The second kappa shape index (κ2) is 8.30. The first-order valence-corrected chi connectivity index (χ1v) is 7.12. The quantitative estimate of drug-likeness (QED) is 0.812. The second-order valence-electron chi connectivity index (χ2n) is 4.76. The van der Waals surface area contributed by atoms with Gasteiger partial charge in [0.2, 0.25) is 0 Å². The molecule has 20 heavy (non-hydrogen) atoms. The smallest absolute Gasteiger partial charge is 0.315 e. The lowest BCUT2D eigenvalue weighted by atomic mass is 10.3. The molecule has 5 heteroatoms. The predicted molar refractivity (Wildman–Crippen MR) is 79.4 cm³/mol. The van der Waals surface area contributed by atoms with E-state index < -0.39 is 11.8 Å². The van der Waals surface area contributed by atoms with Crippen LogP contribution in [0.2, 0.25) is 0 Å². The molecule has 0 bridgehead atoms. The van der Waals surface area contributed by atoms with E-state index in [0.29, 0.717) is 18.9 Å². The minimum Gasteiger partial charge on any atom is -0.334 e. The van der Waals surface area contributed by atoms with Crippen molar-refractivity contribution < 1.29 is 9.59 Å². The van der Waals surface area contributed by atoms with E-state index in [0.717, 1.165) is 25.0 Å². The fraction of sp³-hybridized carbons (Fsp3) is 0.533. The summed E-state index contributed by atoms with van der Waals surface area (Å²) >= 11 is 0. The van der Waals surface area contributed by atoms with E-state index in [2.05, 4.69) is 17.2 Å². The molecule has 0 aromatic carbocycles. The first-order chi connectivity index (χ1) is 9.58. The number of carbonyl (C=O) groups is 2. The Kier molecular flexibility index (Phi) is 6.70. The predicted octanol–water partition coefficient (Wildman–Crippen LogP) is 2.37. The first-order valence-electron chi connectivity index (χ1n) is 7.12. The van der Waals surface area contributed by atoms with Crippen LogP contribution in [0.5, 0.6) is 0 Å². The summed E-state index contributed by atoms with van der Waals surface area (Å²) < 4.78 is 0. The van der Waals surface area contributed by atoms with Crippen molar-refractivity contribution in [2.45, 2.75) is 40.0 Å². The van der Waals surface area contributed by atoms with Crippen molar-refractivity contribution in [2.24, 2.45) is 0 Å². The highest BCUT2D eigenvalue weighted by molar-refractivity contribution is 6.39. The Bertz CT molecular complexity index is 460. The van der Waals surface area contributed by atoms with Crippen LogP contribution in [0.4, 0.5) is 5.82 Å². The Morgan fingerprint density at radius 2 is 1.95 bits per heavy atom. The topological polar surface area (TPSA) is 62.3 Å². The van der Waals surface area contributed by atoms with Gasteiger partial charge < -0.3 is 10.2 Å². The summed E-state index contributed by atoms with van der Waals surface area (Å²) in [6.07, 6.45) is 2.74. The Morgan fingerprint density at radius 1 is 1.20 bits per heavy atom. The Balaban J connectivity index is 2.66. The van der Waals surface area contributed by atoms with E-state index in [1.54, 1.807) is 17.0 Å². The number of nitrogens with zero attached hydrogens (tertiary/aromatic N) is 2. The molecule has 1 aromatic heterocycles. The van der Waals surface area contributed by atoms with E-state index in [1.165, 1.54) is 0 Å². The third-order valence-corrected chi connectivity index (χ3v) is 2.89. The normalized spacial score (nSPS) is 10.2. The molecular formula is C15H23N3O2. The minimum atomic E-state index is -0.618. The number of aryl methyl sites for hydroxylation is 1. The average molecular weight is 277 g/mol. The van der Waals surface area contributed by atoms with Crippen LogP contribution in [0.3, 0.4) is 0 Å². The summed E-state index contributed by atoms with van der Waals surface area (Å²) in [6, 6.07) is 5.31. The lowest BCUT2D eigenvalue weighted by Gasteiger charge is -2.21. The second-order valence-corrected chi connectivity index (χ2v) is 4.76. The fourth-order valence-corrected chi connectivity index (χ4v) is 1.86. The van der Waals surface area contributed by atoms with E-state index in [4.69, 9.17) is 0 Å². The van der Waals surface area contributed by atoms with Gasteiger partial charge in [0.15, 0.2) is 0 Å². The molecule has 1 aromatic rings. The summed E-state index contributed by atoms with van der Waals surface area (Å²) in [5.74, 6) is -0.688. The molecule has 1 N–H and O–H groups in total. The van der Waals surface area contributed by atoms with Gasteiger partial charge >= 0.3 is 11.8 Å². The van der Waals surface area contributed by atoms with Crippen molar-refractivity contribution in [3.63, 3.8) is 0 Å². The van der Waals surface area contributed by atoms with Crippen LogP contribution < -0.4 is 5.32 Å². The highest BCUT2D eigenvalue weighted by Gasteiger charge is 2.21. The molecule has 0 aliphatic carbocycles. The van der Waals surface area contributed by atoms with Gasteiger partial charge in [0.05, 0.1) is 0 Å². The molecule has 2 amide bonds. The van der Waals surface area contributed by atoms with Gasteiger partial charge in [-0.1, -0.05) is 26.3 Å². The molecule has 0 atom stereocenters. The molecule has 0 spiro atoms. The molecule has 1 heterocycles. The summed E-state index contributed by atoms with van der Waals surface area (Å²) in [7, 11) is 0. The van der Waals surface area contributed by atoms with Gasteiger partial charge in [-0.2, -0.15) is 0 Å². The number of nitrogens with one attached hydrogen (secondary N) is 1. The monoisotopic (exact) mass is 277 g/mol. The number of aromatic nitrogens is 1. The molecule has 1 rings (SSSR count). The number of amides is 2. The van der Waals surface area contributed by atoms with Crippen LogP contribution in [0, 0.1) is 6.92 Å². The SMILES string of the molecule is CCCCN(CCC)C(=O)C(=O)Nc1cccc(C)n1. The molecule has 0 radical (unpaired) electrons. The van der Waals surface area contributed by atoms with E-state index in [1.807, 2.05) is 19.9 Å². The molecule has 0 aliphatic rings. The maximum Gasteiger partial charge on any atom is 0.315 e. The van der Waals surface area contributed by atoms with Gasteiger partial charge in [-0.3, -0.25) is 9.59 Å². The summed E-state index contributed by atoms with van der Waals surface area (Å²) in [6.45, 7) is 7.12. The molecule has 110 valence electrons. The van der Waals surface area contributed by atoms with E-state index in [9.17, 15) is 9.59 Å². The number of hydrogen-bond acceptors (Lipinski definition) is 3. The number of anilines is 1. The Labute approximate surface area is 120 Å². The van der Waals surface area contributed by atoms with Crippen LogP contribution in [-0.4, -0.2) is 34.8 Å². The molecule has 0 saturated carbocycles. The standard InChI is InChI=1S/C15H23N3O2/c1-4-6-11-18(10-5-2)15(20)14(19)17-13-9-7-8-12(3)16-13/h7-9H,4-6,10-11H2,1-3H3,(H,16,17,19). The number of rotatable bonds is 6. The van der Waals surface area contributed by atoms with Crippen molar-refractivity contribution in [1.29, 1.82) is 0 Å². The number of carbonyl (C=O) groups excluding carboxylic acids is 2. The van der Waals surface area contributed by atoms with Gasteiger partial charge in [-0.25, -0.2) is 4.98 Å². The summed E-state index contributed by atoms with van der Waals surface area (Å²) in [5.41, 5.74) is 0.798. The van der Waals surface area contributed by atoms with Crippen LogP contribution in [0.25, 0.3) is 0 Å². The third-order valence-electron chi connectivity index (χ3n) is 2.89. The highest BCUT2D eigenvalue weighted by Crippen LogP contribution is 2.05. The minimum absolute atomic E-state index is 0.412. The van der Waals surface area contributed by atoms with Gasteiger partial charge in [-0.05, 0) is 31.9 Å². The Hall–Kier alpha value is -1.91. The number of hydrogen-bond donors (Lipinski definition) is 1. The van der Waals surface area contributed by atoms with Gasteiger partial charge in [-0.15, -0.1) is 0 Å². The van der Waals surface area contributed by atoms with Crippen molar-refractivity contribution in [3.8, 4) is 0 Å². The summed E-state index contributed by atoms with van der Waals surface area (Å²) in [4.78, 5) is 29.8. The van der Waals surface area contributed by atoms with Gasteiger partial charge in [0.1, 0.15) is 5.82 Å². The van der Waals surface area contributed by atoms with Crippen molar-refractivity contribution in [3.05, 3.63) is 23.9 Å². The van der Waals surface area contributed by atoms with Crippen LogP contribution in [0.15, 0.2) is 18.2 Å². The van der Waals surface area contributed by atoms with Crippen molar-refractivity contribution >= 4 is 17.6 Å². The van der Waals surface area contributed by atoms with Crippen molar-refractivity contribution in [2.75, 3.05) is 18.4 Å². The zero-order valence-electron chi connectivity index (χ0n) is 12.5. The highest BCUT2D eigenvalue weighted by atomic mass is 16.2. The van der Waals surface area contributed by atoms with Gasteiger partial charge in [0, 0.05) is 18.8 Å². The lowest BCUT2D eigenvalue weighted by molar-refractivity contribution is -0.143. The Morgan fingerprint density at radius 3 is 2.55 bits per heavy atom. The van der Waals surface area contributed by atoms with Crippen LogP contribution in [-0.2, 0) is 9.59 Å². The number of unbranched alkanes of at least 4 members (excludes halogenated alkanes) is 1. The molecule has 0 fully saturated rings. The van der Waals surface area contributed by atoms with Gasteiger partial charge in [0.25, 0.3) is 0 Å². The molecule has 0 saturated heterocycles. The fourth-order valence-electron chi connectivity index (χ4n) is 1.86. The zero-order valence-corrected chi connectivity index (χ0v) is 12.5. The van der Waals surface area contributed by atoms with E-state index >= 15 is 0 Å². The van der Waals surface area contributed by atoms with E-state index in [-0.39, 0.29) is 0 Å². The maximum absolute atomic E-state index is 12.1. The molecular weight excluding hydrogens is 254 g/mol. The lowest BCUT2D eigenvalue weighted by Crippen LogP contribution is -2.40. The summed E-state index contributed by atoms with van der Waals surface area (Å²) in [5, 5.41) is 2.56.